The van der Waals surface area contributed by atoms with E-state index in [1.54, 1.807) is 19.1 Å². The van der Waals surface area contributed by atoms with Gasteiger partial charge in [-0.3, -0.25) is 9.59 Å². The maximum absolute atomic E-state index is 13.0. The largest absolute Gasteiger partial charge is 0.507 e. The Morgan fingerprint density at radius 3 is 2.61 bits per heavy atom. The lowest BCUT2D eigenvalue weighted by Gasteiger charge is -2.11. The van der Waals surface area contributed by atoms with Gasteiger partial charge in [-0.2, -0.15) is 0 Å². The summed E-state index contributed by atoms with van der Waals surface area (Å²) in [7, 11) is 1.34. The van der Waals surface area contributed by atoms with Crippen molar-refractivity contribution in [3.63, 3.8) is 0 Å². The number of ether oxygens (including phenoxy) is 1. The van der Waals surface area contributed by atoms with Crippen molar-refractivity contribution in [3.05, 3.63) is 80.9 Å². The van der Waals surface area contributed by atoms with Crippen LogP contribution in [0.5, 0.6) is 5.75 Å². The van der Waals surface area contributed by atoms with Crippen molar-refractivity contribution in [3.8, 4) is 5.75 Å². The van der Waals surface area contributed by atoms with Crippen molar-refractivity contribution in [1.29, 1.82) is 0 Å². The second-order valence-electron chi connectivity index (χ2n) is 9.14. The molecular formula is C30H38O6. The quantitative estimate of drug-likeness (QED) is 0.103. The average Bonchev–Trinajstić information content (AvgIpc) is 2.85. The van der Waals surface area contributed by atoms with Crippen molar-refractivity contribution in [2.24, 2.45) is 0 Å². The van der Waals surface area contributed by atoms with Gasteiger partial charge in [-0.15, -0.1) is 0 Å². The zero-order chi connectivity index (χ0) is 26.5. The van der Waals surface area contributed by atoms with E-state index in [1.807, 2.05) is 25.1 Å². The number of allylic oxidation sites excluding steroid dienone is 2. The molecule has 0 amide bonds. The van der Waals surface area contributed by atoms with Gasteiger partial charge in [-0.05, 0) is 55.4 Å². The predicted octanol–water partition coefficient (Wildman–Crippen LogP) is 6.76. The van der Waals surface area contributed by atoms with E-state index < -0.39 is 11.4 Å². The summed E-state index contributed by atoms with van der Waals surface area (Å²) in [6.07, 6.45) is 12.5. The van der Waals surface area contributed by atoms with Gasteiger partial charge in [0.1, 0.15) is 17.1 Å². The van der Waals surface area contributed by atoms with E-state index in [1.165, 1.54) is 38.0 Å². The molecule has 0 bridgehead atoms. The molecule has 2 aromatic rings. The number of esters is 1. The second kappa shape index (κ2) is 14.9. The van der Waals surface area contributed by atoms with Crippen LogP contribution in [-0.2, 0) is 16.0 Å². The van der Waals surface area contributed by atoms with Crippen molar-refractivity contribution in [2.45, 2.75) is 78.1 Å². The van der Waals surface area contributed by atoms with Crippen LogP contribution in [0.1, 0.15) is 98.9 Å². The van der Waals surface area contributed by atoms with Gasteiger partial charge in [0.2, 0.25) is 0 Å². The zero-order valence-corrected chi connectivity index (χ0v) is 21.8. The first-order valence-electron chi connectivity index (χ1n) is 12.7. The summed E-state index contributed by atoms with van der Waals surface area (Å²) in [5, 5.41) is 10.5. The fourth-order valence-electron chi connectivity index (χ4n) is 3.93. The van der Waals surface area contributed by atoms with Gasteiger partial charge in [0.25, 0.3) is 0 Å². The molecule has 0 aliphatic rings. The molecule has 6 nitrogen and oxygen atoms in total. The first-order chi connectivity index (χ1) is 17.3. The fraction of sp³-hybridized carbons (Fsp3) is 0.433. The molecule has 36 heavy (non-hydrogen) atoms. The van der Waals surface area contributed by atoms with E-state index in [2.05, 4.69) is 23.8 Å². The Morgan fingerprint density at radius 2 is 1.92 bits per heavy atom. The zero-order valence-electron chi connectivity index (χ0n) is 21.8. The van der Waals surface area contributed by atoms with Gasteiger partial charge >= 0.3 is 11.6 Å². The number of hydrogen-bond donors (Lipinski definition) is 1. The van der Waals surface area contributed by atoms with E-state index in [9.17, 15) is 19.5 Å². The number of methoxy groups -OCH3 is 1. The van der Waals surface area contributed by atoms with Crippen LogP contribution in [0.4, 0.5) is 0 Å². The molecule has 0 saturated carbocycles. The summed E-state index contributed by atoms with van der Waals surface area (Å²) >= 11 is 0. The molecular weight excluding hydrogens is 456 g/mol. The lowest BCUT2D eigenvalue weighted by atomic mass is 9.98. The van der Waals surface area contributed by atoms with Crippen molar-refractivity contribution >= 4 is 17.8 Å². The van der Waals surface area contributed by atoms with E-state index in [0.717, 1.165) is 18.4 Å². The molecule has 1 aromatic heterocycles. The highest BCUT2D eigenvalue weighted by Crippen LogP contribution is 2.26. The molecule has 1 aromatic carbocycles. The summed E-state index contributed by atoms with van der Waals surface area (Å²) in [5.41, 5.74) is 1.23. The predicted molar refractivity (Wildman–Crippen MR) is 142 cm³/mol. The molecule has 0 radical (unpaired) electrons. The molecule has 0 fully saturated rings. The number of Topliss-reactive ketones (excluding diaryl/α,β-unsaturated/α-hetero) is 1. The molecule has 1 N–H and O–H groups in total. The van der Waals surface area contributed by atoms with Crippen molar-refractivity contribution in [1.82, 2.24) is 0 Å². The third-order valence-electron chi connectivity index (χ3n) is 6.12. The highest BCUT2D eigenvalue weighted by atomic mass is 16.5. The Morgan fingerprint density at radius 1 is 1.14 bits per heavy atom. The Kier molecular flexibility index (Phi) is 11.9. The topological polar surface area (TPSA) is 93.8 Å². The highest BCUT2D eigenvalue weighted by molar-refractivity contribution is 6.12. The maximum atomic E-state index is 13.0. The smallest absolute Gasteiger partial charge is 0.351 e. The van der Waals surface area contributed by atoms with Crippen molar-refractivity contribution in [2.75, 3.05) is 7.11 Å². The third kappa shape index (κ3) is 8.99. The number of aromatic hydroxyl groups is 1. The molecule has 2 rings (SSSR count). The molecule has 0 spiro atoms. The number of ketones is 1. The van der Waals surface area contributed by atoms with Gasteiger partial charge in [-0.25, -0.2) is 4.79 Å². The first-order valence-corrected chi connectivity index (χ1v) is 12.7. The van der Waals surface area contributed by atoms with Crippen LogP contribution in [0, 0.1) is 0 Å². The standard InChI is InChI=1S/C30H38O6/c1-5-6-7-10-14-23-15-12-16-24(19-23)18-22(3)29(33)28-25(31)20-26(36-30(28)34)21(2)13-9-8-11-17-27(32)35-4/h8,11-12,15-16,18-21,31H,5-7,9-10,13-14,17H2,1-4H3/b11-8+,22-18?. The van der Waals surface area contributed by atoms with Gasteiger partial charge in [-0.1, -0.05) is 69.5 Å². The van der Waals surface area contributed by atoms with Crippen molar-refractivity contribution < 1.29 is 23.8 Å². The van der Waals surface area contributed by atoms with Crippen LogP contribution in [0.3, 0.4) is 0 Å². The Balaban J connectivity index is 2.09. The molecule has 0 saturated heterocycles. The maximum Gasteiger partial charge on any atom is 0.351 e. The number of unbranched alkanes of at least 4 members (excludes halogenated alkanes) is 3. The molecule has 6 heteroatoms. The summed E-state index contributed by atoms with van der Waals surface area (Å²) in [5.74, 6) is -1.09. The van der Waals surface area contributed by atoms with E-state index in [0.29, 0.717) is 24.2 Å². The van der Waals surface area contributed by atoms with Crippen LogP contribution in [0.15, 0.2) is 57.3 Å². The van der Waals surface area contributed by atoms with Gasteiger partial charge in [0.05, 0.1) is 13.5 Å². The average molecular weight is 495 g/mol. The van der Waals surface area contributed by atoms with Crippen LogP contribution in [0.25, 0.3) is 6.08 Å². The number of carbonyl (C=O) groups is 2. The number of benzene rings is 1. The lowest BCUT2D eigenvalue weighted by molar-refractivity contribution is -0.139. The van der Waals surface area contributed by atoms with Gasteiger partial charge < -0.3 is 14.3 Å². The van der Waals surface area contributed by atoms with Gasteiger partial charge in [0, 0.05) is 12.0 Å². The summed E-state index contributed by atoms with van der Waals surface area (Å²) in [6, 6.07) is 9.36. The minimum absolute atomic E-state index is 0.160. The van der Waals surface area contributed by atoms with Crippen LogP contribution in [-0.4, -0.2) is 24.0 Å². The summed E-state index contributed by atoms with van der Waals surface area (Å²) in [4.78, 5) is 36.8. The van der Waals surface area contributed by atoms with Crippen LogP contribution >= 0.6 is 0 Å². The van der Waals surface area contributed by atoms with E-state index in [-0.39, 0.29) is 29.6 Å². The number of carbonyl (C=O) groups excluding carboxylic acids is 2. The minimum Gasteiger partial charge on any atom is -0.507 e. The molecule has 194 valence electrons. The number of hydrogen-bond acceptors (Lipinski definition) is 6. The Bertz CT molecular complexity index is 1140. The normalized spacial score (nSPS) is 12.6. The third-order valence-corrected chi connectivity index (χ3v) is 6.12. The minimum atomic E-state index is -0.847. The second-order valence-corrected chi connectivity index (χ2v) is 9.14. The lowest BCUT2D eigenvalue weighted by Crippen LogP contribution is -2.16. The highest BCUT2D eigenvalue weighted by Gasteiger charge is 2.22. The van der Waals surface area contributed by atoms with Crippen LogP contribution < -0.4 is 5.63 Å². The Labute approximate surface area is 213 Å². The molecule has 1 heterocycles. The number of aryl methyl sites for hydroxylation is 1. The molecule has 0 aliphatic carbocycles. The SMILES string of the molecule is CCCCCCc1cccc(C=C(C)C(=O)c2c(O)cc(C(C)CC/C=C/CC(=O)OC)oc2=O)c1. The van der Waals surface area contributed by atoms with Crippen LogP contribution in [0.2, 0.25) is 0 Å². The molecule has 1 unspecified atom stereocenters. The fourth-order valence-corrected chi connectivity index (χ4v) is 3.93. The first kappa shape index (κ1) is 28.8. The van der Waals surface area contributed by atoms with E-state index in [4.69, 9.17) is 4.42 Å². The summed E-state index contributed by atoms with van der Waals surface area (Å²) < 4.78 is 9.99. The van der Waals surface area contributed by atoms with E-state index >= 15 is 0 Å². The number of rotatable bonds is 14. The molecule has 0 aliphatic heterocycles. The Hall–Kier alpha value is -3.41. The monoisotopic (exact) mass is 494 g/mol. The summed E-state index contributed by atoms with van der Waals surface area (Å²) in [6.45, 7) is 5.69. The van der Waals surface area contributed by atoms with Gasteiger partial charge in [0.15, 0.2) is 5.78 Å². The molecule has 1 atom stereocenters.